The summed E-state index contributed by atoms with van der Waals surface area (Å²) in [6.07, 6.45) is -0.493. The Labute approximate surface area is 157 Å². The molecule has 0 unspecified atom stereocenters. The monoisotopic (exact) mass is 388 g/mol. The summed E-state index contributed by atoms with van der Waals surface area (Å²) < 4.78 is 5.33. The Morgan fingerprint density at radius 1 is 1.24 bits per heavy atom. The van der Waals surface area contributed by atoms with Crippen molar-refractivity contribution in [1.29, 1.82) is 0 Å². The van der Waals surface area contributed by atoms with Gasteiger partial charge in [0.25, 0.3) is 0 Å². The number of piperazine rings is 1. The second-order valence-electron chi connectivity index (χ2n) is 7.00. The fraction of sp³-hybridized carbons (Fsp3) is 0.529. The van der Waals surface area contributed by atoms with E-state index in [1.54, 1.807) is 32.9 Å². The first-order chi connectivity index (χ1) is 11.6. The number of benzene rings is 1. The van der Waals surface area contributed by atoms with E-state index in [0.29, 0.717) is 29.7 Å². The lowest BCUT2D eigenvalue weighted by Gasteiger charge is -2.39. The molecule has 1 aromatic carbocycles. The normalized spacial score (nSPS) is 18.9. The van der Waals surface area contributed by atoms with Crippen LogP contribution < -0.4 is 0 Å². The molecule has 2 rings (SSSR count). The summed E-state index contributed by atoms with van der Waals surface area (Å²) in [5.74, 6) is -0.978. The van der Waals surface area contributed by atoms with Crippen LogP contribution in [-0.2, 0) is 16.1 Å². The molecule has 0 aliphatic carbocycles. The first-order valence-electron chi connectivity index (χ1n) is 7.95. The van der Waals surface area contributed by atoms with E-state index in [-0.39, 0.29) is 6.54 Å². The van der Waals surface area contributed by atoms with Gasteiger partial charge in [-0.05, 0) is 38.5 Å². The Kier molecular flexibility index (Phi) is 6.19. The number of halogens is 2. The van der Waals surface area contributed by atoms with E-state index in [9.17, 15) is 14.7 Å². The second-order valence-corrected chi connectivity index (χ2v) is 7.81. The molecule has 0 aromatic heterocycles. The Morgan fingerprint density at radius 2 is 1.92 bits per heavy atom. The van der Waals surface area contributed by atoms with Crippen LogP contribution in [0.2, 0.25) is 10.0 Å². The maximum absolute atomic E-state index is 12.2. The molecule has 6 nitrogen and oxygen atoms in total. The topological polar surface area (TPSA) is 70.1 Å². The van der Waals surface area contributed by atoms with Crippen LogP contribution in [0.25, 0.3) is 0 Å². The second kappa shape index (κ2) is 7.81. The quantitative estimate of drug-likeness (QED) is 0.857. The van der Waals surface area contributed by atoms with E-state index in [1.165, 1.54) is 4.90 Å². The molecule has 0 radical (unpaired) electrons. The molecule has 1 aliphatic heterocycles. The predicted octanol–water partition coefficient (Wildman–Crippen LogP) is 3.50. The van der Waals surface area contributed by atoms with Crippen LogP contribution in [0.1, 0.15) is 26.3 Å². The van der Waals surface area contributed by atoms with Gasteiger partial charge in [0.2, 0.25) is 0 Å². The molecule has 1 heterocycles. The first-order valence-corrected chi connectivity index (χ1v) is 8.71. The van der Waals surface area contributed by atoms with Crippen LogP contribution in [0.3, 0.4) is 0 Å². The number of ether oxygens (including phenoxy) is 1. The average Bonchev–Trinajstić information content (AvgIpc) is 2.49. The lowest BCUT2D eigenvalue weighted by molar-refractivity contribution is -0.145. The number of hydrogen-bond acceptors (Lipinski definition) is 4. The molecule has 1 aliphatic rings. The van der Waals surface area contributed by atoms with E-state index in [1.807, 2.05) is 11.0 Å². The standard InChI is InChI=1S/C17H22Cl2N2O4/c1-17(2,3)25-16(24)21-7-6-20(14(10-21)15(22)23)9-11-4-5-12(18)13(19)8-11/h4-5,8,14H,6-7,9-10H2,1-3H3,(H,22,23)/t14-/m1/s1. The van der Waals surface area contributed by atoms with E-state index in [4.69, 9.17) is 27.9 Å². The minimum absolute atomic E-state index is 0.0750. The van der Waals surface area contributed by atoms with Crippen LogP contribution in [0, 0.1) is 0 Å². The van der Waals surface area contributed by atoms with Crippen molar-refractivity contribution in [3.05, 3.63) is 33.8 Å². The molecule has 25 heavy (non-hydrogen) atoms. The fourth-order valence-electron chi connectivity index (χ4n) is 2.61. The molecule has 1 amide bonds. The van der Waals surface area contributed by atoms with Gasteiger partial charge in [-0.2, -0.15) is 0 Å². The zero-order chi connectivity index (χ0) is 18.8. The van der Waals surface area contributed by atoms with Crippen molar-refractivity contribution in [1.82, 2.24) is 9.80 Å². The van der Waals surface area contributed by atoms with Gasteiger partial charge in [0.15, 0.2) is 0 Å². The summed E-state index contributed by atoms with van der Waals surface area (Å²) in [5.41, 5.74) is 0.249. The van der Waals surface area contributed by atoms with Crippen LogP contribution in [0.15, 0.2) is 18.2 Å². The molecule has 0 bridgehead atoms. The van der Waals surface area contributed by atoms with Gasteiger partial charge in [0.1, 0.15) is 11.6 Å². The molecule has 0 saturated carbocycles. The van der Waals surface area contributed by atoms with Crippen LogP contribution >= 0.6 is 23.2 Å². The van der Waals surface area contributed by atoms with Gasteiger partial charge in [-0.3, -0.25) is 9.69 Å². The maximum atomic E-state index is 12.2. The molecular weight excluding hydrogens is 367 g/mol. The zero-order valence-electron chi connectivity index (χ0n) is 14.5. The number of hydrogen-bond donors (Lipinski definition) is 1. The Balaban J connectivity index is 2.07. The SMILES string of the molecule is CC(C)(C)OC(=O)N1CCN(Cc2ccc(Cl)c(Cl)c2)[C@@H](C(=O)O)C1. The fourth-order valence-corrected chi connectivity index (χ4v) is 2.93. The van der Waals surface area contributed by atoms with Gasteiger partial charge >= 0.3 is 12.1 Å². The molecule has 1 aromatic rings. The average molecular weight is 389 g/mol. The summed E-state index contributed by atoms with van der Waals surface area (Å²) >= 11 is 11.9. The molecule has 8 heteroatoms. The third-order valence-corrected chi connectivity index (χ3v) is 4.54. The number of rotatable bonds is 3. The van der Waals surface area contributed by atoms with E-state index in [2.05, 4.69) is 0 Å². The van der Waals surface area contributed by atoms with E-state index >= 15 is 0 Å². The van der Waals surface area contributed by atoms with Gasteiger partial charge in [0.05, 0.1) is 16.6 Å². The predicted molar refractivity (Wildman–Crippen MR) is 96.1 cm³/mol. The smallest absolute Gasteiger partial charge is 0.410 e. The van der Waals surface area contributed by atoms with E-state index in [0.717, 1.165) is 5.56 Å². The van der Waals surface area contributed by atoms with Gasteiger partial charge in [-0.25, -0.2) is 4.79 Å². The summed E-state index contributed by atoms with van der Waals surface area (Å²) in [5, 5.41) is 10.4. The largest absolute Gasteiger partial charge is 0.480 e. The third kappa shape index (κ3) is 5.49. The number of carbonyl (C=O) groups excluding carboxylic acids is 1. The summed E-state index contributed by atoms with van der Waals surface area (Å²) in [4.78, 5) is 27.1. The summed E-state index contributed by atoms with van der Waals surface area (Å²) in [6, 6.07) is 4.42. The molecule has 1 fully saturated rings. The van der Waals surface area contributed by atoms with E-state index < -0.39 is 23.7 Å². The summed E-state index contributed by atoms with van der Waals surface area (Å²) in [6.45, 7) is 6.65. The highest BCUT2D eigenvalue weighted by Crippen LogP contribution is 2.24. The number of aliphatic carboxylic acids is 1. The first kappa shape index (κ1) is 19.8. The molecule has 1 atom stereocenters. The zero-order valence-corrected chi connectivity index (χ0v) is 16.0. The molecule has 0 spiro atoms. The van der Waals surface area contributed by atoms with Crippen molar-refractivity contribution in [2.45, 2.75) is 39.0 Å². The van der Waals surface area contributed by atoms with Gasteiger partial charge in [-0.1, -0.05) is 29.3 Å². The minimum Gasteiger partial charge on any atom is -0.480 e. The Morgan fingerprint density at radius 3 is 2.48 bits per heavy atom. The number of carboxylic acid groups (broad SMARTS) is 1. The number of nitrogens with zero attached hydrogens (tertiary/aromatic N) is 2. The van der Waals surface area contributed by atoms with Gasteiger partial charge in [0, 0.05) is 19.6 Å². The van der Waals surface area contributed by atoms with Crippen LogP contribution in [0.5, 0.6) is 0 Å². The number of carbonyl (C=O) groups is 2. The van der Waals surface area contributed by atoms with Crippen molar-refractivity contribution < 1.29 is 19.4 Å². The highest BCUT2D eigenvalue weighted by Gasteiger charge is 2.35. The van der Waals surface area contributed by atoms with Crippen molar-refractivity contribution >= 4 is 35.3 Å². The number of carboxylic acids is 1. The van der Waals surface area contributed by atoms with Crippen LogP contribution in [0.4, 0.5) is 4.79 Å². The maximum Gasteiger partial charge on any atom is 0.410 e. The van der Waals surface area contributed by atoms with Gasteiger partial charge in [-0.15, -0.1) is 0 Å². The highest BCUT2D eigenvalue weighted by atomic mass is 35.5. The van der Waals surface area contributed by atoms with Crippen LogP contribution in [-0.4, -0.2) is 58.2 Å². The molecule has 1 saturated heterocycles. The lowest BCUT2D eigenvalue weighted by atomic mass is 10.1. The Hall–Kier alpha value is -1.50. The van der Waals surface area contributed by atoms with Crippen molar-refractivity contribution in [3.63, 3.8) is 0 Å². The van der Waals surface area contributed by atoms with Crippen molar-refractivity contribution in [2.75, 3.05) is 19.6 Å². The highest BCUT2D eigenvalue weighted by molar-refractivity contribution is 6.42. The molecule has 138 valence electrons. The molecular formula is C17H22Cl2N2O4. The molecule has 1 N–H and O–H groups in total. The van der Waals surface area contributed by atoms with Crippen molar-refractivity contribution in [2.24, 2.45) is 0 Å². The summed E-state index contributed by atoms with van der Waals surface area (Å²) in [7, 11) is 0. The van der Waals surface area contributed by atoms with Crippen molar-refractivity contribution in [3.8, 4) is 0 Å². The lowest BCUT2D eigenvalue weighted by Crippen LogP contribution is -2.57. The van der Waals surface area contributed by atoms with Gasteiger partial charge < -0.3 is 14.7 Å². The third-order valence-electron chi connectivity index (χ3n) is 3.80. The number of amides is 1. The minimum atomic E-state index is -0.978. The Bertz CT molecular complexity index is 661.